The number of benzene rings is 1. The highest BCUT2D eigenvalue weighted by Crippen LogP contribution is 2.29. The summed E-state index contributed by atoms with van der Waals surface area (Å²) in [5.74, 6) is 1.29. The number of hydrogen-bond donors (Lipinski definition) is 1. The molecule has 0 spiro atoms. The minimum Gasteiger partial charge on any atom is -0.483 e. The van der Waals surface area contributed by atoms with Gasteiger partial charge >= 0.3 is 0 Å². The SMILES string of the molecule is Cc1cccc(O[C@H](C)c2nnc(NC(=O)Cc3c(C)noc3C)s2)c1C. The number of nitrogens with one attached hydrogen (secondary N) is 1. The maximum absolute atomic E-state index is 12.3. The van der Waals surface area contributed by atoms with E-state index in [9.17, 15) is 4.79 Å². The molecule has 1 N–H and O–H groups in total. The third kappa shape index (κ3) is 4.33. The van der Waals surface area contributed by atoms with E-state index in [0.29, 0.717) is 15.9 Å². The number of carbonyl (C=O) groups is 1. The molecule has 0 unspecified atom stereocenters. The molecule has 3 aromatic rings. The molecule has 0 bridgehead atoms. The Labute approximate surface area is 161 Å². The number of amides is 1. The Morgan fingerprint density at radius 1 is 1.26 bits per heavy atom. The number of rotatable bonds is 6. The minimum atomic E-state index is -0.267. The Morgan fingerprint density at radius 2 is 2.04 bits per heavy atom. The lowest BCUT2D eigenvalue weighted by atomic mass is 10.1. The van der Waals surface area contributed by atoms with E-state index in [2.05, 4.69) is 20.7 Å². The predicted octanol–water partition coefficient (Wildman–Crippen LogP) is 4.08. The summed E-state index contributed by atoms with van der Waals surface area (Å²) < 4.78 is 11.1. The van der Waals surface area contributed by atoms with E-state index in [-0.39, 0.29) is 18.4 Å². The fraction of sp³-hybridized carbons (Fsp3) is 0.368. The van der Waals surface area contributed by atoms with Gasteiger partial charge in [0.15, 0.2) is 5.01 Å². The van der Waals surface area contributed by atoms with Crippen LogP contribution in [0.25, 0.3) is 0 Å². The molecule has 2 aromatic heterocycles. The number of carbonyl (C=O) groups excluding carboxylic acids is 1. The fourth-order valence-corrected chi connectivity index (χ4v) is 3.36. The summed E-state index contributed by atoms with van der Waals surface area (Å²) in [4.78, 5) is 12.3. The standard InChI is InChI=1S/C19H22N4O3S/c1-10-7-6-8-16(11(10)2)25-14(5)18-21-22-19(27-18)20-17(24)9-15-12(3)23-26-13(15)4/h6-8,14H,9H2,1-5H3,(H,20,22,24)/t14-/m1/s1. The quantitative estimate of drug-likeness (QED) is 0.686. The van der Waals surface area contributed by atoms with Crippen molar-refractivity contribution >= 4 is 22.4 Å². The second-order valence-corrected chi connectivity index (χ2v) is 7.44. The molecule has 0 aliphatic rings. The van der Waals surface area contributed by atoms with Gasteiger partial charge in [-0.1, -0.05) is 28.6 Å². The lowest BCUT2D eigenvalue weighted by Gasteiger charge is -2.14. The Bertz CT molecular complexity index is 944. The van der Waals surface area contributed by atoms with Crippen LogP contribution < -0.4 is 10.1 Å². The van der Waals surface area contributed by atoms with Gasteiger partial charge in [-0.25, -0.2) is 0 Å². The lowest BCUT2D eigenvalue weighted by Crippen LogP contribution is -2.15. The van der Waals surface area contributed by atoms with Crippen LogP contribution in [0.2, 0.25) is 0 Å². The molecule has 3 rings (SSSR count). The van der Waals surface area contributed by atoms with E-state index in [1.165, 1.54) is 16.9 Å². The molecule has 0 radical (unpaired) electrons. The van der Waals surface area contributed by atoms with Gasteiger partial charge in [-0.3, -0.25) is 4.79 Å². The predicted molar refractivity (Wildman–Crippen MR) is 103 cm³/mol. The summed E-state index contributed by atoms with van der Waals surface area (Å²) in [6.45, 7) is 9.59. The molecule has 0 fully saturated rings. The minimum absolute atomic E-state index is 0.185. The maximum Gasteiger partial charge on any atom is 0.230 e. The van der Waals surface area contributed by atoms with E-state index in [4.69, 9.17) is 9.26 Å². The van der Waals surface area contributed by atoms with Crippen LogP contribution in [0.15, 0.2) is 22.7 Å². The van der Waals surface area contributed by atoms with Gasteiger partial charge in [0, 0.05) is 5.56 Å². The summed E-state index contributed by atoms with van der Waals surface area (Å²) in [6, 6.07) is 5.95. The molecule has 0 aliphatic carbocycles. The van der Waals surface area contributed by atoms with Crippen molar-refractivity contribution in [3.8, 4) is 5.75 Å². The van der Waals surface area contributed by atoms with Gasteiger partial charge in [0.05, 0.1) is 12.1 Å². The Balaban J connectivity index is 1.64. The average Bonchev–Trinajstić information content (AvgIpc) is 3.21. The van der Waals surface area contributed by atoms with Crippen LogP contribution >= 0.6 is 11.3 Å². The molecule has 2 heterocycles. The van der Waals surface area contributed by atoms with Gasteiger partial charge in [0.25, 0.3) is 0 Å². The van der Waals surface area contributed by atoms with Crippen LogP contribution in [0.5, 0.6) is 5.75 Å². The normalized spacial score (nSPS) is 12.0. The zero-order valence-corrected chi connectivity index (χ0v) is 16.8. The van der Waals surface area contributed by atoms with Crippen molar-refractivity contribution in [2.75, 3.05) is 5.32 Å². The second-order valence-electron chi connectivity index (χ2n) is 6.43. The van der Waals surface area contributed by atoms with Gasteiger partial charge < -0.3 is 14.6 Å². The number of hydrogen-bond acceptors (Lipinski definition) is 7. The van der Waals surface area contributed by atoms with Crippen molar-refractivity contribution in [2.45, 2.75) is 47.1 Å². The van der Waals surface area contributed by atoms with Crippen LogP contribution in [-0.2, 0) is 11.2 Å². The first-order valence-electron chi connectivity index (χ1n) is 8.63. The van der Waals surface area contributed by atoms with Gasteiger partial charge in [-0.05, 0) is 51.8 Å². The van der Waals surface area contributed by atoms with Gasteiger partial charge in [-0.15, -0.1) is 10.2 Å². The first kappa shape index (κ1) is 19.0. The summed E-state index contributed by atoms with van der Waals surface area (Å²) in [7, 11) is 0. The molecule has 7 nitrogen and oxygen atoms in total. The Hall–Kier alpha value is -2.74. The molecule has 8 heteroatoms. The topological polar surface area (TPSA) is 90.1 Å². The highest BCUT2D eigenvalue weighted by Gasteiger charge is 2.18. The van der Waals surface area contributed by atoms with Crippen LogP contribution in [0.1, 0.15) is 46.2 Å². The molecule has 142 valence electrons. The van der Waals surface area contributed by atoms with Crippen molar-refractivity contribution < 1.29 is 14.1 Å². The van der Waals surface area contributed by atoms with Crippen LogP contribution in [0.4, 0.5) is 5.13 Å². The third-order valence-corrected chi connectivity index (χ3v) is 5.41. The zero-order valence-electron chi connectivity index (χ0n) is 16.0. The van der Waals surface area contributed by atoms with Crippen molar-refractivity contribution in [3.63, 3.8) is 0 Å². The average molecular weight is 386 g/mol. The first-order valence-corrected chi connectivity index (χ1v) is 9.44. The largest absolute Gasteiger partial charge is 0.483 e. The number of anilines is 1. The summed E-state index contributed by atoms with van der Waals surface area (Å²) >= 11 is 1.30. The smallest absolute Gasteiger partial charge is 0.230 e. The third-order valence-electron chi connectivity index (χ3n) is 4.41. The van der Waals surface area contributed by atoms with E-state index >= 15 is 0 Å². The molecular weight excluding hydrogens is 364 g/mol. The van der Waals surface area contributed by atoms with Crippen LogP contribution in [0, 0.1) is 27.7 Å². The summed E-state index contributed by atoms with van der Waals surface area (Å²) in [5, 5.41) is 16.0. The van der Waals surface area contributed by atoms with Crippen molar-refractivity contribution in [1.82, 2.24) is 15.4 Å². The van der Waals surface area contributed by atoms with Crippen molar-refractivity contribution in [1.29, 1.82) is 0 Å². The highest BCUT2D eigenvalue weighted by atomic mass is 32.1. The molecule has 1 atom stereocenters. The van der Waals surface area contributed by atoms with E-state index in [0.717, 1.165) is 22.6 Å². The van der Waals surface area contributed by atoms with E-state index < -0.39 is 0 Å². The monoisotopic (exact) mass is 386 g/mol. The van der Waals surface area contributed by atoms with E-state index in [1.807, 2.05) is 45.9 Å². The zero-order chi connectivity index (χ0) is 19.6. The van der Waals surface area contributed by atoms with Crippen LogP contribution in [-0.4, -0.2) is 21.3 Å². The molecule has 27 heavy (non-hydrogen) atoms. The van der Waals surface area contributed by atoms with Gasteiger partial charge in [0.2, 0.25) is 11.0 Å². The summed E-state index contributed by atoms with van der Waals surface area (Å²) in [6.07, 6.45) is -0.0823. The molecule has 0 saturated heterocycles. The lowest BCUT2D eigenvalue weighted by molar-refractivity contribution is -0.115. The van der Waals surface area contributed by atoms with Gasteiger partial charge in [-0.2, -0.15) is 0 Å². The molecule has 0 aliphatic heterocycles. The summed E-state index contributed by atoms with van der Waals surface area (Å²) in [5.41, 5.74) is 3.78. The number of ether oxygens (including phenoxy) is 1. The number of aromatic nitrogens is 3. The molecule has 1 amide bonds. The van der Waals surface area contributed by atoms with Crippen LogP contribution in [0.3, 0.4) is 0 Å². The van der Waals surface area contributed by atoms with E-state index in [1.54, 1.807) is 6.92 Å². The van der Waals surface area contributed by atoms with Crippen molar-refractivity contribution in [2.24, 2.45) is 0 Å². The second kappa shape index (κ2) is 7.87. The molecular formula is C19H22N4O3S. The fourth-order valence-electron chi connectivity index (χ4n) is 2.62. The van der Waals surface area contributed by atoms with Crippen molar-refractivity contribution in [3.05, 3.63) is 51.4 Å². The first-order chi connectivity index (χ1) is 12.8. The van der Waals surface area contributed by atoms with Gasteiger partial charge in [0.1, 0.15) is 17.6 Å². The maximum atomic E-state index is 12.3. The molecule has 1 aromatic carbocycles. The highest BCUT2D eigenvalue weighted by molar-refractivity contribution is 7.15. The number of nitrogens with zero attached hydrogens (tertiary/aromatic N) is 3. The number of aryl methyl sites for hydroxylation is 3. The Morgan fingerprint density at radius 3 is 2.74 bits per heavy atom. The Kier molecular flexibility index (Phi) is 5.55. The molecule has 0 saturated carbocycles.